The van der Waals surface area contributed by atoms with Gasteiger partial charge < -0.3 is 14.6 Å². The third kappa shape index (κ3) is 3.40. The van der Waals surface area contributed by atoms with Gasteiger partial charge >= 0.3 is 0 Å². The number of benzene rings is 2. The first-order chi connectivity index (χ1) is 12.4. The van der Waals surface area contributed by atoms with Crippen molar-refractivity contribution in [2.75, 3.05) is 19.1 Å². The van der Waals surface area contributed by atoms with E-state index in [1.54, 1.807) is 18.2 Å². The molecule has 1 aliphatic heterocycles. The summed E-state index contributed by atoms with van der Waals surface area (Å²) < 4.78 is 10.8. The fourth-order valence-corrected chi connectivity index (χ4v) is 3.83. The van der Waals surface area contributed by atoms with Gasteiger partial charge in [0.1, 0.15) is 0 Å². The standard InChI is InChI=1S/C19H17NO4S2/c1-11-4-6-13(7-5-11)20-18(22)16(26-19(20)25)10-12-8-14(23-2)17(21)15(9-12)24-3/h4-10,21H,1-3H3/b16-10-. The smallest absolute Gasteiger partial charge is 0.270 e. The van der Waals surface area contributed by atoms with E-state index in [1.807, 2.05) is 31.2 Å². The highest BCUT2D eigenvalue weighted by Gasteiger charge is 2.33. The zero-order valence-electron chi connectivity index (χ0n) is 14.5. The van der Waals surface area contributed by atoms with E-state index < -0.39 is 0 Å². The molecule has 3 rings (SSSR count). The number of thiocarbonyl (C=S) groups is 1. The molecule has 0 bridgehead atoms. The van der Waals surface area contributed by atoms with E-state index >= 15 is 0 Å². The number of aryl methyl sites for hydroxylation is 1. The number of hydrogen-bond donors (Lipinski definition) is 1. The predicted octanol–water partition coefficient (Wildman–Crippen LogP) is 4.12. The maximum absolute atomic E-state index is 12.8. The van der Waals surface area contributed by atoms with Gasteiger partial charge in [0, 0.05) is 0 Å². The van der Waals surface area contributed by atoms with Crippen molar-refractivity contribution < 1.29 is 19.4 Å². The number of rotatable bonds is 4. The number of amides is 1. The molecule has 0 saturated carbocycles. The van der Waals surface area contributed by atoms with Crippen LogP contribution < -0.4 is 14.4 Å². The number of hydrogen-bond acceptors (Lipinski definition) is 6. The SMILES string of the molecule is COc1cc(/C=C2\SC(=S)N(c3ccc(C)cc3)C2=O)cc(OC)c1O. The van der Waals surface area contributed by atoms with Gasteiger partial charge in [0.25, 0.3) is 5.91 Å². The summed E-state index contributed by atoms with van der Waals surface area (Å²) in [6.45, 7) is 1.99. The minimum atomic E-state index is -0.185. The number of aromatic hydroxyl groups is 1. The maximum Gasteiger partial charge on any atom is 0.270 e. The van der Waals surface area contributed by atoms with Crippen LogP contribution in [0.4, 0.5) is 5.69 Å². The van der Waals surface area contributed by atoms with Gasteiger partial charge in [0.15, 0.2) is 15.8 Å². The number of methoxy groups -OCH3 is 2. The zero-order valence-corrected chi connectivity index (χ0v) is 16.1. The lowest BCUT2D eigenvalue weighted by molar-refractivity contribution is -0.113. The number of nitrogens with zero attached hydrogens (tertiary/aromatic N) is 1. The summed E-state index contributed by atoms with van der Waals surface area (Å²) in [4.78, 5) is 14.8. The molecule has 0 spiro atoms. The Labute approximate surface area is 161 Å². The van der Waals surface area contributed by atoms with Crippen molar-refractivity contribution >= 4 is 46.0 Å². The third-order valence-corrected chi connectivity index (χ3v) is 5.19. The number of phenolic OH excluding ortho intramolecular Hbond substituents is 1. The maximum atomic E-state index is 12.8. The number of thioether (sulfide) groups is 1. The van der Waals surface area contributed by atoms with E-state index in [0.29, 0.717) is 14.8 Å². The molecule has 134 valence electrons. The molecule has 0 atom stereocenters. The van der Waals surface area contributed by atoms with Crippen LogP contribution in [0.15, 0.2) is 41.3 Å². The summed E-state index contributed by atoms with van der Waals surface area (Å²) in [6.07, 6.45) is 1.71. The van der Waals surface area contributed by atoms with Gasteiger partial charge in [-0.1, -0.05) is 41.7 Å². The summed E-state index contributed by atoms with van der Waals surface area (Å²) >= 11 is 6.61. The minimum Gasteiger partial charge on any atom is -0.502 e. The fourth-order valence-electron chi connectivity index (χ4n) is 2.53. The molecule has 1 aliphatic rings. The molecule has 2 aromatic rings. The molecule has 26 heavy (non-hydrogen) atoms. The Kier molecular flexibility index (Phi) is 5.20. The Morgan fingerprint density at radius 3 is 2.23 bits per heavy atom. The average molecular weight is 387 g/mol. The predicted molar refractivity (Wildman–Crippen MR) is 108 cm³/mol. The molecule has 0 unspecified atom stereocenters. The van der Waals surface area contributed by atoms with Crippen molar-refractivity contribution in [2.45, 2.75) is 6.92 Å². The van der Waals surface area contributed by atoms with Crippen LogP contribution >= 0.6 is 24.0 Å². The van der Waals surface area contributed by atoms with Crippen LogP contribution in [-0.4, -0.2) is 29.6 Å². The first-order valence-electron chi connectivity index (χ1n) is 7.74. The Morgan fingerprint density at radius 2 is 1.69 bits per heavy atom. The van der Waals surface area contributed by atoms with Crippen LogP contribution in [0.1, 0.15) is 11.1 Å². The molecule has 1 N–H and O–H groups in total. The van der Waals surface area contributed by atoms with E-state index in [-0.39, 0.29) is 23.2 Å². The molecule has 1 amide bonds. The van der Waals surface area contributed by atoms with Crippen LogP contribution in [0.2, 0.25) is 0 Å². The van der Waals surface area contributed by atoms with Crippen LogP contribution in [0.3, 0.4) is 0 Å². The number of ether oxygens (including phenoxy) is 2. The molecule has 1 fully saturated rings. The molecule has 0 radical (unpaired) electrons. The van der Waals surface area contributed by atoms with Crippen molar-refractivity contribution in [3.8, 4) is 17.2 Å². The Bertz CT molecular complexity index is 881. The molecule has 1 saturated heterocycles. The second-order valence-electron chi connectivity index (χ2n) is 5.63. The minimum absolute atomic E-state index is 0.0839. The lowest BCUT2D eigenvalue weighted by Gasteiger charge is -2.14. The van der Waals surface area contributed by atoms with Crippen LogP contribution in [0.25, 0.3) is 6.08 Å². The monoisotopic (exact) mass is 387 g/mol. The highest BCUT2D eigenvalue weighted by atomic mass is 32.2. The van der Waals surface area contributed by atoms with E-state index in [4.69, 9.17) is 21.7 Å². The molecular weight excluding hydrogens is 370 g/mol. The van der Waals surface area contributed by atoms with E-state index in [2.05, 4.69) is 0 Å². The molecular formula is C19H17NO4S2. The number of anilines is 1. The summed E-state index contributed by atoms with van der Waals surface area (Å²) in [5, 5.41) is 10.0. The lowest BCUT2D eigenvalue weighted by atomic mass is 10.1. The first-order valence-corrected chi connectivity index (χ1v) is 8.96. The number of carbonyl (C=O) groups is 1. The Balaban J connectivity index is 1.97. The first kappa shape index (κ1) is 18.3. The quantitative estimate of drug-likeness (QED) is 0.629. The molecule has 0 aromatic heterocycles. The van der Waals surface area contributed by atoms with Crippen LogP contribution in [-0.2, 0) is 4.79 Å². The van der Waals surface area contributed by atoms with Crippen molar-refractivity contribution in [1.29, 1.82) is 0 Å². The van der Waals surface area contributed by atoms with Crippen molar-refractivity contribution in [3.05, 3.63) is 52.4 Å². The van der Waals surface area contributed by atoms with Gasteiger partial charge in [-0.05, 0) is 42.8 Å². The van der Waals surface area contributed by atoms with Gasteiger partial charge in [-0.3, -0.25) is 9.69 Å². The Hall–Kier alpha value is -2.51. The van der Waals surface area contributed by atoms with E-state index in [9.17, 15) is 9.90 Å². The van der Waals surface area contributed by atoms with Gasteiger partial charge in [-0.2, -0.15) is 0 Å². The lowest BCUT2D eigenvalue weighted by Crippen LogP contribution is -2.27. The van der Waals surface area contributed by atoms with Gasteiger partial charge in [-0.25, -0.2) is 0 Å². The summed E-state index contributed by atoms with van der Waals surface area (Å²) in [5.41, 5.74) is 2.52. The average Bonchev–Trinajstić information content (AvgIpc) is 2.90. The summed E-state index contributed by atoms with van der Waals surface area (Å²) in [5.74, 6) is 0.267. The molecule has 1 heterocycles. The molecule has 0 aliphatic carbocycles. The summed E-state index contributed by atoms with van der Waals surface area (Å²) in [7, 11) is 2.91. The van der Waals surface area contributed by atoms with Gasteiger partial charge in [0.05, 0.1) is 24.8 Å². The van der Waals surface area contributed by atoms with Gasteiger partial charge in [-0.15, -0.1) is 0 Å². The van der Waals surface area contributed by atoms with Crippen molar-refractivity contribution in [2.24, 2.45) is 0 Å². The third-order valence-electron chi connectivity index (χ3n) is 3.89. The van der Waals surface area contributed by atoms with E-state index in [1.165, 1.54) is 30.9 Å². The van der Waals surface area contributed by atoms with Gasteiger partial charge in [0.2, 0.25) is 5.75 Å². The zero-order chi connectivity index (χ0) is 18.8. The fraction of sp³-hybridized carbons (Fsp3) is 0.158. The van der Waals surface area contributed by atoms with Crippen LogP contribution in [0.5, 0.6) is 17.2 Å². The van der Waals surface area contributed by atoms with Crippen molar-refractivity contribution in [1.82, 2.24) is 0 Å². The molecule has 5 nitrogen and oxygen atoms in total. The largest absolute Gasteiger partial charge is 0.502 e. The van der Waals surface area contributed by atoms with E-state index in [0.717, 1.165) is 11.3 Å². The molecule has 7 heteroatoms. The van der Waals surface area contributed by atoms with Crippen molar-refractivity contribution in [3.63, 3.8) is 0 Å². The second kappa shape index (κ2) is 7.39. The Morgan fingerprint density at radius 1 is 1.12 bits per heavy atom. The molecule has 2 aromatic carbocycles. The normalized spacial score (nSPS) is 15.7. The summed E-state index contributed by atoms with van der Waals surface area (Å²) in [6, 6.07) is 10.9. The highest BCUT2D eigenvalue weighted by Crippen LogP contribution is 2.40. The topological polar surface area (TPSA) is 59.0 Å². The van der Waals surface area contributed by atoms with Crippen LogP contribution in [0, 0.1) is 6.92 Å². The highest BCUT2D eigenvalue weighted by molar-refractivity contribution is 8.27. The second-order valence-corrected chi connectivity index (χ2v) is 7.30. The number of carbonyl (C=O) groups excluding carboxylic acids is 1. The number of phenols is 1.